The van der Waals surface area contributed by atoms with E-state index in [4.69, 9.17) is 0 Å². The number of amides is 1. The summed E-state index contributed by atoms with van der Waals surface area (Å²) in [7, 11) is 0. The highest BCUT2D eigenvalue weighted by Crippen LogP contribution is 2.24. The molecule has 0 aliphatic carbocycles. The van der Waals surface area contributed by atoms with E-state index in [9.17, 15) is 14.9 Å². The lowest BCUT2D eigenvalue weighted by molar-refractivity contribution is -0.384. The van der Waals surface area contributed by atoms with Gasteiger partial charge in [-0.1, -0.05) is 34.1 Å². The number of carbonyl (C=O) groups is 1. The highest BCUT2D eigenvalue weighted by atomic mass is 79.9. The van der Waals surface area contributed by atoms with Crippen molar-refractivity contribution in [2.24, 2.45) is 5.10 Å². The Balaban J connectivity index is 1.99. The highest BCUT2D eigenvalue weighted by molar-refractivity contribution is 9.10. The fraction of sp³-hybridized carbons (Fsp3) is 0.300. The van der Waals surface area contributed by atoms with Crippen LogP contribution in [0.3, 0.4) is 0 Å². The number of hydrogen-bond acceptors (Lipinski definition) is 6. The molecule has 2 aromatic carbocycles. The Labute approximate surface area is 182 Å². The molecule has 0 aliphatic heterocycles. The molecule has 29 heavy (non-hydrogen) atoms. The summed E-state index contributed by atoms with van der Waals surface area (Å²) in [6, 6.07) is 12.5. The van der Waals surface area contributed by atoms with Crippen LogP contribution in [0.25, 0.3) is 0 Å². The van der Waals surface area contributed by atoms with Gasteiger partial charge in [0.2, 0.25) is 5.91 Å². The minimum Gasteiger partial charge on any atom is -0.372 e. The maximum Gasteiger partial charge on any atom is 0.270 e. The van der Waals surface area contributed by atoms with Crippen molar-refractivity contribution in [3.05, 3.63) is 68.2 Å². The molecule has 0 unspecified atom stereocenters. The Hall–Kier alpha value is -2.39. The van der Waals surface area contributed by atoms with Crippen molar-refractivity contribution in [1.29, 1.82) is 0 Å². The van der Waals surface area contributed by atoms with Crippen molar-refractivity contribution in [2.45, 2.75) is 19.6 Å². The van der Waals surface area contributed by atoms with Crippen molar-refractivity contribution >= 4 is 51.2 Å². The molecule has 0 saturated heterocycles. The zero-order chi connectivity index (χ0) is 21.2. The molecule has 0 aromatic heterocycles. The molecule has 2 aromatic rings. The second-order valence-electron chi connectivity index (χ2n) is 6.05. The number of nitrogens with one attached hydrogen (secondary N) is 1. The number of hydrazone groups is 1. The third-order valence-corrected chi connectivity index (χ3v) is 5.92. The Bertz CT molecular complexity index is 888. The molecule has 0 radical (unpaired) electrons. The van der Waals surface area contributed by atoms with Crippen molar-refractivity contribution in [3.63, 3.8) is 0 Å². The molecule has 154 valence electrons. The summed E-state index contributed by atoms with van der Waals surface area (Å²) in [6.07, 6.45) is 1.46. The lowest BCUT2D eigenvalue weighted by atomic mass is 10.1. The van der Waals surface area contributed by atoms with Gasteiger partial charge in [0, 0.05) is 46.7 Å². The van der Waals surface area contributed by atoms with Crippen molar-refractivity contribution in [2.75, 3.05) is 23.7 Å². The maximum absolute atomic E-state index is 12.0. The van der Waals surface area contributed by atoms with E-state index in [0.29, 0.717) is 11.3 Å². The number of non-ortho nitro benzene ring substituents is 1. The first-order valence-electron chi connectivity index (χ1n) is 9.12. The standard InChI is InChI=1S/C20H23BrN4O3S/c1-3-24(4-2)19-10-9-17(25(27)28)11-16(19)12-22-23-20(26)14-29-13-15-7-5-6-8-18(15)21/h5-12H,3-4,13-14H2,1-2H3,(H,23,26)/b22-12-. The molecule has 7 nitrogen and oxygen atoms in total. The highest BCUT2D eigenvalue weighted by Gasteiger charge is 2.13. The van der Waals surface area contributed by atoms with E-state index in [-0.39, 0.29) is 17.3 Å². The fourth-order valence-corrected chi connectivity index (χ4v) is 4.12. The van der Waals surface area contributed by atoms with Gasteiger partial charge < -0.3 is 4.90 Å². The van der Waals surface area contributed by atoms with E-state index >= 15 is 0 Å². The molecule has 0 saturated carbocycles. The Kier molecular flexibility index (Phi) is 9.14. The van der Waals surface area contributed by atoms with Crippen molar-refractivity contribution in [1.82, 2.24) is 5.43 Å². The predicted molar refractivity (Wildman–Crippen MR) is 123 cm³/mol. The zero-order valence-electron chi connectivity index (χ0n) is 16.3. The van der Waals surface area contributed by atoms with Crippen LogP contribution >= 0.6 is 27.7 Å². The third-order valence-electron chi connectivity index (χ3n) is 4.17. The Morgan fingerprint density at radius 3 is 2.66 bits per heavy atom. The van der Waals surface area contributed by atoms with Gasteiger partial charge in [0.05, 0.1) is 16.9 Å². The zero-order valence-corrected chi connectivity index (χ0v) is 18.7. The third kappa shape index (κ3) is 6.86. The maximum atomic E-state index is 12.0. The molecular weight excluding hydrogens is 456 g/mol. The van der Waals surface area contributed by atoms with Crippen LogP contribution in [-0.4, -0.2) is 35.9 Å². The summed E-state index contributed by atoms with van der Waals surface area (Å²) in [5.74, 6) is 0.736. The SMILES string of the molecule is CCN(CC)c1ccc([N+](=O)[O-])cc1/C=N\NC(=O)CSCc1ccccc1Br. The lowest BCUT2D eigenvalue weighted by Crippen LogP contribution is -2.23. The van der Waals surface area contributed by atoms with Gasteiger partial charge in [-0.05, 0) is 31.5 Å². The summed E-state index contributed by atoms with van der Waals surface area (Å²) in [6.45, 7) is 5.53. The Morgan fingerprint density at radius 1 is 1.28 bits per heavy atom. The first-order chi connectivity index (χ1) is 14.0. The monoisotopic (exact) mass is 478 g/mol. The second-order valence-corrected chi connectivity index (χ2v) is 7.89. The van der Waals surface area contributed by atoms with Crippen LogP contribution in [-0.2, 0) is 10.5 Å². The number of thioether (sulfide) groups is 1. The second kappa shape index (κ2) is 11.6. The molecule has 0 fully saturated rings. The molecule has 0 bridgehead atoms. The summed E-state index contributed by atoms with van der Waals surface area (Å²) in [5.41, 5.74) is 5.02. The lowest BCUT2D eigenvalue weighted by Gasteiger charge is -2.22. The topological polar surface area (TPSA) is 87.8 Å². The Morgan fingerprint density at radius 2 is 2.00 bits per heavy atom. The first kappa shape index (κ1) is 22.9. The quantitative estimate of drug-likeness (QED) is 0.306. The molecule has 0 heterocycles. The van der Waals surface area contributed by atoms with Crippen LogP contribution in [0.15, 0.2) is 52.0 Å². The van der Waals surface area contributed by atoms with Gasteiger partial charge in [0.15, 0.2) is 0 Å². The van der Waals surface area contributed by atoms with E-state index in [1.807, 2.05) is 38.1 Å². The van der Waals surface area contributed by atoms with E-state index in [2.05, 4.69) is 31.4 Å². The molecular formula is C20H23BrN4O3S. The molecule has 0 aliphatic rings. The summed E-state index contributed by atoms with van der Waals surface area (Å²) in [4.78, 5) is 24.8. The van der Waals surface area contributed by atoms with Crippen molar-refractivity contribution in [3.8, 4) is 0 Å². The number of nitro groups is 1. The van der Waals surface area contributed by atoms with Crippen LogP contribution in [0.1, 0.15) is 25.0 Å². The predicted octanol–water partition coefficient (Wildman–Crippen LogP) is 4.59. The van der Waals surface area contributed by atoms with Gasteiger partial charge >= 0.3 is 0 Å². The summed E-state index contributed by atoms with van der Waals surface area (Å²) >= 11 is 4.97. The number of benzene rings is 2. The fourth-order valence-electron chi connectivity index (χ4n) is 2.69. The van der Waals surface area contributed by atoms with Crippen LogP contribution in [0.4, 0.5) is 11.4 Å². The molecule has 2 rings (SSSR count). The van der Waals surface area contributed by atoms with Gasteiger partial charge in [-0.3, -0.25) is 14.9 Å². The first-order valence-corrected chi connectivity index (χ1v) is 11.1. The van der Waals surface area contributed by atoms with E-state index < -0.39 is 4.92 Å². The van der Waals surface area contributed by atoms with Crippen LogP contribution < -0.4 is 10.3 Å². The smallest absolute Gasteiger partial charge is 0.270 e. The van der Waals surface area contributed by atoms with Crippen LogP contribution in [0.5, 0.6) is 0 Å². The summed E-state index contributed by atoms with van der Waals surface area (Å²) < 4.78 is 1.01. The summed E-state index contributed by atoms with van der Waals surface area (Å²) in [5, 5.41) is 15.1. The largest absolute Gasteiger partial charge is 0.372 e. The minimum absolute atomic E-state index is 0.0160. The van der Waals surface area contributed by atoms with Crippen LogP contribution in [0.2, 0.25) is 0 Å². The normalized spacial score (nSPS) is 10.9. The van der Waals surface area contributed by atoms with E-state index in [0.717, 1.165) is 28.8 Å². The molecule has 0 atom stereocenters. The molecule has 1 N–H and O–H groups in total. The average Bonchev–Trinajstić information content (AvgIpc) is 2.71. The number of hydrogen-bond donors (Lipinski definition) is 1. The number of rotatable bonds is 10. The number of nitrogens with zero attached hydrogens (tertiary/aromatic N) is 3. The molecule has 1 amide bonds. The van der Waals surface area contributed by atoms with Gasteiger partial charge in [-0.15, -0.1) is 11.8 Å². The molecule has 0 spiro atoms. The van der Waals surface area contributed by atoms with E-state index in [1.54, 1.807) is 6.07 Å². The number of anilines is 1. The van der Waals surface area contributed by atoms with Crippen LogP contribution in [0, 0.1) is 10.1 Å². The van der Waals surface area contributed by atoms with Gasteiger partial charge in [-0.25, -0.2) is 5.43 Å². The number of halogens is 1. The number of nitro benzene ring substituents is 1. The van der Waals surface area contributed by atoms with Gasteiger partial charge in [0.1, 0.15) is 0 Å². The number of carbonyl (C=O) groups excluding carboxylic acids is 1. The minimum atomic E-state index is -0.444. The van der Waals surface area contributed by atoms with Gasteiger partial charge in [0.25, 0.3) is 5.69 Å². The van der Waals surface area contributed by atoms with E-state index in [1.165, 1.54) is 30.1 Å². The average molecular weight is 479 g/mol. The van der Waals surface area contributed by atoms with Gasteiger partial charge in [-0.2, -0.15) is 5.10 Å². The van der Waals surface area contributed by atoms with Crippen molar-refractivity contribution < 1.29 is 9.72 Å². The molecule has 9 heteroatoms.